The molecule has 6 nitrogen and oxygen atoms in total. The van der Waals surface area contributed by atoms with Crippen molar-refractivity contribution in [3.63, 3.8) is 0 Å². The van der Waals surface area contributed by atoms with Crippen LogP contribution >= 0.6 is 0 Å². The third-order valence-electron chi connectivity index (χ3n) is 4.01. The predicted molar refractivity (Wildman–Crippen MR) is 103 cm³/mol. The number of benzene rings is 2. The van der Waals surface area contributed by atoms with Gasteiger partial charge in [-0.25, -0.2) is 17.1 Å². The maximum atomic E-state index is 12.9. The van der Waals surface area contributed by atoms with Crippen LogP contribution in [0.2, 0.25) is 0 Å². The van der Waals surface area contributed by atoms with Crippen molar-refractivity contribution in [2.75, 3.05) is 13.6 Å². The first kappa shape index (κ1) is 21.5. The van der Waals surface area contributed by atoms with Crippen LogP contribution < -0.4 is 0 Å². The Bertz CT molecular complexity index is 967. The van der Waals surface area contributed by atoms with Gasteiger partial charge in [0.1, 0.15) is 5.82 Å². The van der Waals surface area contributed by atoms with Crippen LogP contribution in [-0.4, -0.2) is 43.2 Å². The molecule has 0 fully saturated rings. The standard InChI is InChI=1S/C20H20FNO5S/c1-22(14-2-3-20(24)25)28(26,27)18-11-7-16(8-12-18)19(23)13-6-15-4-9-17(21)10-5-15/h4-13H,2-3,14H2,1H3,(H,24,25)/b13-6+. The lowest BCUT2D eigenvalue weighted by molar-refractivity contribution is -0.137. The number of aliphatic carboxylic acids is 1. The number of carboxylic acid groups (broad SMARTS) is 1. The molecular formula is C20H20FNO5S. The van der Waals surface area contributed by atoms with E-state index in [1.54, 1.807) is 6.08 Å². The molecule has 2 aromatic carbocycles. The van der Waals surface area contributed by atoms with Gasteiger partial charge in [0.05, 0.1) is 4.90 Å². The first-order chi connectivity index (χ1) is 13.2. The molecule has 0 radical (unpaired) electrons. The average molecular weight is 405 g/mol. The fourth-order valence-electron chi connectivity index (χ4n) is 2.39. The maximum absolute atomic E-state index is 12.9. The zero-order valence-electron chi connectivity index (χ0n) is 15.2. The second kappa shape index (κ2) is 9.38. The predicted octanol–water partition coefficient (Wildman–Crippen LogP) is 3.21. The van der Waals surface area contributed by atoms with Gasteiger partial charge in [0.25, 0.3) is 0 Å². The zero-order valence-corrected chi connectivity index (χ0v) is 16.0. The summed E-state index contributed by atoms with van der Waals surface area (Å²) >= 11 is 0. The molecule has 2 rings (SSSR count). The number of hydrogen-bond acceptors (Lipinski definition) is 4. The van der Waals surface area contributed by atoms with Crippen LogP contribution in [0, 0.1) is 5.82 Å². The zero-order chi connectivity index (χ0) is 20.7. The first-order valence-corrected chi connectivity index (χ1v) is 9.90. The van der Waals surface area contributed by atoms with Gasteiger partial charge in [-0.2, -0.15) is 0 Å². The average Bonchev–Trinajstić information content (AvgIpc) is 2.67. The Kier molecular flexibility index (Phi) is 7.19. The summed E-state index contributed by atoms with van der Waals surface area (Å²) in [7, 11) is -2.39. The van der Waals surface area contributed by atoms with E-state index in [2.05, 4.69) is 0 Å². The molecule has 0 aliphatic carbocycles. The van der Waals surface area contributed by atoms with E-state index in [0.717, 1.165) is 4.31 Å². The summed E-state index contributed by atoms with van der Waals surface area (Å²) in [5.74, 6) is -1.67. The van der Waals surface area contributed by atoms with Crippen molar-refractivity contribution in [2.24, 2.45) is 0 Å². The van der Waals surface area contributed by atoms with Gasteiger partial charge < -0.3 is 5.11 Å². The summed E-state index contributed by atoms with van der Waals surface area (Å²) in [5.41, 5.74) is 0.975. The summed E-state index contributed by atoms with van der Waals surface area (Å²) in [5, 5.41) is 8.64. The molecule has 0 bridgehead atoms. The number of rotatable bonds is 9. The minimum absolute atomic E-state index is 0.0180. The van der Waals surface area contributed by atoms with Gasteiger partial charge >= 0.3 is 5.97 Å². The molecular weight excluding hydrogens is 385 g/mol. The molecule has 0 amide bonds. The Labute approximate surface area is 163 Å². The molecule has 0 aliphatic heterocycles. The van der Waals surface area contributed by atoms with Gasteiger partial charge in [-0.15, -0.1) is 0 Å². The minimum atomic E-state index is -3.76. The van der Waals surface area contributed by atoms with Crippen molar-refractivity contribution in [1.82, 2.24) is 4.31 Å². The van der Waals surface area contributed by atoms with Crippen molar-refractivity contribution in [2.45, 2.75) is 17.7 Å². The van der Waals surface area contributed by atoms with Crippen molar-refractivity contribution >= 4 is 27.9 Å². The largest absolute Gasteiger partial charge is 0.481 e. The number of ketones is 1. The summed E-state index contributed by atoms with van der Waals surface area (Å²) in [6, 6.07) is 11.1. The quantitative estimate of drug-likeness (QED) is 0.511. The summed E-state index contributed by atoms with van der Waals surface area (Å²) in [4.78, 5) is 22.8. The van der Waals surface area contributed by atoms with Crippen LogP contribution in [-0.2, 0) is 14.8 Å². The van der Waals surface area contributed by atoms with Crippen molar-refractivity contribution in [3.8, 4) is 0 Å². The molecule has 0 unspecified atom stereocenters. The summed E-state index contributed by atoms with van der Waals surface area (Å²) in [6.07, 6.45) is 2.96. The Morgan fingerprint density at radius 1 is 1.07 bits per heavy atom. The molecule has 148 valence electrons. The highest BCUT2D eigenvalue weighted by Gasteiger charge is 2.20. The highest BCUT2D eigenvalue weighted by molar-refractivity contribution is 7.89. The van der Waals surface area contributed by atoms with Crippen molar-refractivity contribution < 1.29 is 27.5 Å². The lowest BCUT2D eigenvalue weighted by Crippen LogP contribution is -2.28. The SMILES string of the molecule is CN(CCCC(=O)O)S(=O)(=O)c1ccc(C(=O)/C=C/c2ccc(F)cc2)cc1. The molecule has 28 heavy (non-hydrogen) atoms. The number of carbonyl (C=O) groups is 2. The van der Waals surface area contributed by atoms with E-state index in [-0.39, 0.29) is 35.9 Å². The van der Waals surface area contributed by atoms with Crippen LogP contribution in [0.25, 0.3) is 6.08 Å². The second-order valence-electron chi connectivity index (χ2n) is 6.10. The van der Waals surface area contributed by atoms with Crippen LogP contribution in [0.4, 0.5) is 4.39 Å². The van der Waals surface area contributed by atoms with E-state index in [0.29, 0.717) is 11.1 Å². The molecule has 0 spiro atoms. The monoisotopic (exact) mass is 405 g/mol. The lowest BCUT2D eigenvalue weighted by Gasteiger charge is -2.16. The number of hydrogen-bond donors (Lipinski definition) is 1. The number of allylic oxidation sites excluding steroid dienone is 1. The first-order valence-electron chi connectivity index (χ1n) is 8.46. The molecule has 1 N–H and O–H groups in total. The van der Waals surface area contributed by atoms with Crippen LogP contribution in [0.1, 0.15) is 28.8 Å². The van der Waals surface area contributed by atoms with Gasteiger partial charge in [0.2, 0.25) is 10.0 Å². The van der Waals surface area contributed by atoms with E-state index in [9.17, 15) is 22.4 Å². The van der Waals surface area contributed by atoms with Crippen molar-refractivity contribution in [3.05, 3.63) is 71.6 Å². The van der Waals surface area contributed by atoms with Gasteiger partial charge in [0.15, 0.2) is 5.78 Å². The highest BCUT2D eigenvalue weighted by atomic mass is 32.2. The fraction of sp³-hybridized carbons (Fsp3) is 0.200. The fourth-order valence-corrected chi connectivity index (χ4v) is 3.60. The van der Waals surface area contributed by atoms with Gasteiger partial charge in [-0.3, -0.25) is 9.59 Å². The number of nitrogens with zero attached hydrogens (tertiary/aromatic N) is 1. The Hall–Kier alpha value is -2.84. The molecule has 0 atom stereocenters. The smallest absolute Gasteiger partial charge is 0.303 e. The van der Waals surface area contributed by atoms with Crippen molar-refractivity contribution in [1.29, 1.82) is 0 Å². The molecule has 0 saturated carbocycles. The van der Waals surface area contributed by atoms with E-state index in [4.69, 9.17) is 5.11 Å². The van der Waals surface area contributed by atoms with E-state index >= 15 is 0 Å². The van der Waals surface area contributed by atoms with E-state index in [1.165, 1.54) is 61.7 Å². The third kappa shape index (κ3) is 5.83. The molecule has 0 saturated heterocycles. The second-order valence-corrected chi connectivity index (χ2v) is 8.14. The van der Waals surface area contributed by atoms with Crippen LogP contribution in [0.5, 0.6) is 0 Å². The van der Waals surface area contributed by atoms with Gasteiger partial charge in [0, 0.05) is 25.6 Å². The van der Waals surface area contributed by atoms with Gasteiger partial charge in [-0.05, 0) is 54.5 Å². The van der Waals surface area contributed by atoms with Crippen LogP contribution in [0.15, 0.2) is 59.5 Å². The molecule has 8 heteroatoms. The van der Waals surface area contributed by atoms with Crippen LogP contribution in [0.3, 0.4) is 0 Å². The number of carboxylic acids is 1. The third-order valence-corrected chi connectivity index (χ3v) is 5.88. The normalized spacial score (nSPS) is 11.8. The Morgan fingerprint density at radius 2 is 1.68 bits per heavy atom. The van der Waals surface area contributed by atoms with Gasteiger partial charge in [-0.1, -0.05) is 18.2 Å². The summed E-state index contributed by atoms with van der Waals surface area (Å²) in [6.45, 7) is 0.0791. The number of halogens is 1. The summed E-state index contributed by atoms with van der Waals surface area (Å²) < 4.78 is 38.9. The Morgan fingerprint density at radius 3 is 2.25 bits per heavy atom. The molecule has 2 aromatic rings. The van der Waals surface area contributed by atoms with E-state index in [1.807, 2.05) is 0 Å². The molecule has 0 aromatic heterocycles. The number of carbonyl (C=O) groups excluding carboxylic acids is 1. The lowest BCUT2D eigenvalue weighted by atomic mass is 10.1. The van der Waals surface area contributed by atoms with E-state index < -0.39 is 16.0 Å². The highest BCUT2D eigenvalue weighted by Crippen LogP contribution is 2.16. The maximum Gasteiger partial charge on any atom is 0.303 e. The topological polar surface area (TPSA) is 91.8 Å². The number of sulfonamides is 1. The molecule has 0 heterocycles. The Balaban J connectivity index is 2.06. The molecule has 0 aliphatic rings. The minimum Gasteiger partial charge on any atom is -0.481 e.